The van der Waals surface area contributed by atoms with Crippen molar-refractivity contribution in [1.29, 1.82) is 0 Å². The molecule has 2 aromatic rings. The summed E-state index contributed by atoms with van der Waals surface area (Å²) in [5.74, 6) is -1.57. The third kappa shape index (κ3) is 3.58. The average Bonchev–Trinajstić information content (AvgIpc) is 3.07. The number of aryl methyl sites for hydroxylation is 2. The molecule has 0 saturated heterocycles. The maximum atomic E-state index is 13.3. The molecule has 0 aromatic carbocycles. The van der Waals surface area contributed by atoms with Crippen molar-refractivity contribution >= 4 is 11.7 Å². The second-order valence-corrected chi connectivity index (χ2v) is 5.47. The molecule has 7 nitrogen and oxygen atoms in total. The molecule has 132 valence electrons. The molecule has 1 amide bonds. The van der Waals surface area contributed by atoms with Crippen molar-refractivity contribution in [2.75, 3.05) is 5.32 Å². The third-order valence-corrected chi connectivity index (χ3v) is 3.49. The maximum Gasteiger partial charge on any atom is 0.425 e. The highest BCUT2D eigenvalue weighted by Crippen LogP contribution is 2.40. The van der Waals surface area contributed by atoms with Gasteiger partial charge in [0, 0.05) is 31.2 Å². The average molecular weight is 345 g/mol. The number of nitrogens with zero attached hydrogens (tertiary/aromatic N) is 3. The smallest absolute Gasteiger partial charge is 0.374 e. The lowest BCUT2D eigenvalue weighted by Crippen LogP contribution is -2.46. The molecule has 2 rings (SSSR count). The fourth-order valence-electron chi connectivity index (χ4n) is 2.31. The molecule has 10 heteroatoms. The van der Waals surface area contributed by atoms with Gasteiger partial charge in [0.15, 0.2) is 11.6 Å². The Hall–Kier alpha value is -2.36. The number of halogens is 3. The molecular weight excluding hydrogens is 327 g/mol. The van der Waals surface area contributed by atoms with Crippen molar-refractivity contribution in [3.63, 3.8) is 0 Å². The van der Waals surface area contributed by atoms with E-state index in [0.29, 0.717) is 6.42 Å². The zero-order valence-corrected chi connectivity index (χ0v) is 13.2. The van der Waals surface area contributed by atoms with Crippen LogP contribution in [0.2, 0.25) is 0 Å². The fourth-order valence-corrected chi connectivity index (χ4v) is 2.31. The highest BCUT2D eigenvalue weighted by Gasteiger charge is 2.58. The Morgan fingerprint density at radius 3 is 2.71 bits per heavy atom. The SMILES string of the molecule is CCCc1cc(NC(=O)CC(O)(c2nccn2C)C(F)(F)F)n[nH]1. The predicted molar refractivity (Wildman–Crippen MR) is 79.0 cm³/mol. The van der Waals surface area contributed by atoms with Gasteiger partial charge in [-0.15, -0.1) is 0 Å². The van der Waals surface area contributed by atoms with Gasteiger partial charge in [0.05, 0.1) is 6.42 Å². The quantitative estimate of drug-likeness (QED) is 0.745. The number of aromatic amines is 1. The van der Waals surface area contributed by atoms with Gasteiger partial charge in [0.1, 0.15) is 0 Å². The molecular formula is C14H18F3N5O2. The van der Waals surface area contributed by atoms with Crippen LogP contribution in [0.1, 0.15) is 31.3 Å². The van der Waals surface area contributed by atoms with Crippen LogP contribution in [-0.4, -0.2) is 36.9 Å². The monoisotopic (exact) mass is 345 g/mol. The molecule has 0 radical (unpaired) electrons. The van der Waals surface area contributed by atoms with Crippen molar-refractivity contribution in [3.05, 3.63) is 30.0 Å². The lowest BCUT2D eigenvalue weighted by atomic mass is 9.97. The Kier molecular flexibility index (Phi) is 4.97. The maximum absolute atomic E-state index is 13.3. The predicted octanol–water partition coefficient (Wildman–Crippen LogP) is 1.87. The highest BCUT2D eigenvalue weighted by atomic mass is 19.4. The van der Waals surface area contributed by atoms with Crippen LogP contribution in [0.3, 0.4) is 0 Å². The van der Waals surface area contributed by atoms with E-state index in [0.717, 1.165) is 22.9 Å². The van der Waals surface area contributed by atoms with E-state index in [2.05, 4.69) is 20.5 Å². The van der Waals surface area contributed by atoms with E-state index in [-0.39, 0.29) is 5.82 Å². The first-order chi connectivity index (χ1) is 11.2. The van der Waals surface area contributed by atoms with Crippen LogP contribution in [0.25, 0.3) is 0 Å². The summed E-state index contributed by atoms with van der Waals surface area (Å²) >= 11 is 0. The number of imidazole rings is 1. The number of rotatable bonds is 6. The van der Waals surface area contributed by atoms with E-state index in [1.807, 2.05) is 6.92 Å². The number of amides is 1. The van der Waals surface area contributed by atoms with Gasteiger partial charge in [-0.3, -0.25) is 9.89 Å². The summed E-state index contributed by atoms with van der Waals surface area (Å²) in [5, 5.41) is 18.9. The Morgan fingerprint density at radius 1 is 1.46 bits per heavy atom. The van der Waals surface area contributed by atoms with Crippen molar-refractivity contribution in [3.8, 4) is 0 Å². The second-order valence-electron chi connectivity index (χ2n) is 5.47. The molecule has 0 bridgehead atoms. The summed E-state index contributed by atoms with van der Waals surface area (Å²) in [5.41, 5.74) is -2.64. The summed E-state index contributed by atoms with van der Waals surface area (Å²) in [6, 6.07) is 1.54. The van der Waals surface area contributed by atoms with E-state index in [1.54, 1.807) is 0 Å². The molecule has 0 saturated carbocycles. The van der Waals surface area contributed by atoms with Crippen LogP contribution in [-0.2, 0) is 23.9 Å². The largest absolute Gasteiger partial charge is 0.425 e. The van der Waals surface area contributed by atoms with Crippen molar-refractivity contribution < 1.29 is 23.1 Å². The first-order valence-electron chi connectivity index (χ1n) is 7.28. The summed E-state index contributed by atoms with van der Waals surface area (Å²) < 4.78 is 41.1. The first kappa shape index (κ1) is 18.0. The summed E-state index contributed by atoms with van der Waals surface area (Å²) in [4.78, 5) is 15.5. The normalized spacial score (nSPS) is 14.4. The molecule has 0 aliphatic carbocycles. The number of aliphatic hydroxyl groups is 1. The standard InChI is InChI=1S/C14H18F3N5O2/c1-3-4-9-7-10(21-20-9)19-11(23)8-13(24,14(15,16)17)12-18-5-6-22(12)2/h5-7,24H,3-4,8H2,1-2H3,(H2,19,20,21,23). The number of carbonyl (C=O) groups is 1. The summed E-state index contributed by atoms with van der Waals surface area (Å²) in [7, 11) is 1.31. The van der Waals surface area contributed by atoms with Crippen LogP contribution in [0.15, 0.2) is 18.5 Å². The van der Waals surface area contributed by atoms with Gasteiger partial charge in [0.2, 0.25) is 11.5 Å². The highest BCUT2D eigenvalue weighted by molar-refractivity contribution is 5.90. The molecule has 3 N–H and O–H groups in total. The van der Waals surface area contributed by atoms with Crippen molar-refractivity contribution in [2.45, 2.75) is 38.0 Å². The zero-order chi connectivity index (χ0) is 18.0. The number of aromatic nitrogens is 4. The molecule has 1 unspecified atom stereocenters. The lowest BCUT2D eigenvalue weighted by Gasteiger charge is -2.29. The van der Waals surface area contributed by atoms with Gasteiger partial charge in [-0.05, 0) is 6.42 Å². The molecule has 0 spiro atoms. The van der Waals surface area contributed by atoms with E-state index in [1.165, 1.54) is 19.3 Å². The minimum atomic E-state index is -5.07. The van der Waals surface area contributed by atoms with Crippen molar-refractivity contribution in [1.82, 2.24) is 19.7 Å². The van der Waals surface area contributed by atoms with E-state index in [4.69, 9.17) is 0 Å². The van der Waals surface area contributed by atoms with E-state index >= 15 is 0 Å². The third-order valence-electron chi connectivity index (χ3n) is 3.49. The topological polar surface area (TPSA) is 95.8 Å². The molecule has 0 aliphatic heterocycles. The Morgan fingerprint density at radius 2 is 2.17 bits per heavy atom. The van der Waals surface area contributed by atoms with Crippen molar-refractivity contribution in [2.24, 2.45) is 7.05 Å². The minimum Gasteiger partial charge on any atom is -0.374 e. The van der Waals surface area contributed by atoms with Crippen LogP contribution in [0.5, 0.6) is 0 Å². The Balaban J connectivity index is 2.17. The summed E-state index contributed by atoms with van der Waals surface area (Å²) in [6.07, 6.45) is -2.37. The molecule has 24 heavy (non-hydrogen) atoms. The number of H-pyrrole nitrogens is 1. The lowest BCUT2D eigenvalue weighted by molar-refractivity contribution is -0.270. The summed E-state index contributed by atoms with van der Waals surface area (Å²) in [6.45, 7) is 1.95. The number of alkyl halides is 3. The molecule has 2 heterocycles. The Labute approximate surface area is 135 Å². The van der Waals surface area contributed by atoms with Gasteiger partial charge in [-0.1, -0.05) is 13.3 Å². The number of nitrogens with one attached hydrogen (secondary N) is 2. The second kappa shape index (κ2) is 6.63. The number of anilines is 1. The van der Waals surface area contributed by atoms with Gasteiger partial charge < -0.3 is 15.0 Å². The number of hydrogen-bond acceptors (Lipinski definition) is 4. The van der Waals surface area contributed by atoms with Crippen LogP contribution in [0.4, 0.5) is 19.0 Å². The van der Waals surface area contributed by atoms with Gasteiger partial charge in [-0.2, -0.15) is 18.3 Å². The van der Waals surface area contributed by atoms with Gasteiger partial charge >= 0.3 is 6.18 Å². The molecule has 0 aliphatic rings. The van der Waals surface area contributed by atoms with Gasteiger partial charge in [-0.25, -0.2) is 4.98 Å². The molecule has 2 aromatic heterocycles. The van der Waals surface area contributed by atoms with E-state index < -0.39 is 29.9 Å². The van der Waals surface area contributed by atoms with Gasteiger partial charge in [0.25, 0.3) is 0 Å². The van der Waals surface area contributed by atoms with E-state index in [9.17, 15) is 23.1 Å². The Bertz CT molecular complexity index is 709. The number of hydrogen-bond donors (Lipinski definition) is 3. The van der Waals surface area contributed by atoms with Crippen LogP contribution in [0, 0.1) is 0 Å². The number of carbonyl (C=O) groups excluding carboxylic acids is 1. The van der Waals surface area contributed by atoms with Crippen LogP contribution < -0.4 is 5.32 Å². The minimum absolute atomic E-state index is 0.104. The fraction of sp³-hybridized carbons (Fsp3) is 0.500. The molecule has 0 fully saturated rings. The zero-order valence-electron chi connectivity index (χ0n) is 13.2. The molecule has 1 atom stereocenters. The first-order valence-corrected chi connectivity index (χ1v) is 7.28. The van der Waals surface area contributed by atoms with Crippen LogP contribution >= 0.6 is 0 Å².